The number of rotatable bonds is 63. The zero-order valence-corrected chi connectivity index (χ0v) is 54.0. The molecule has 0 bridgehead atoms. The topological polar surface area (TPSA) is 78.9 Å². The molecule has 0 aromatic carbocycles. The molecule has 0 saturated carbocycles. The van der Waals surface area contributed by atoms with Crippen LogP contribution in [0.1, 0.15) is 335 Å². The lowest BCUT2D eigenvalue weighted by atomic mass is 10.0. The van der Waals surface area contributed by atoms with Crippen LogP contribution in [-0.4, -0.2) is 37.2 Å². The predicted octanol–water partition coefficient (Wildman–Crippen LogP) is 24.2. The van der Waals surface area contributed by atoms with Gasteiger partial charge in [0.05, 0.1) is 0 Å². The van der Waals surface area contributed by atoms with Crippen LogP contribution in [0.25, 0.3) is 0 Å². The molecular weight excluding hydrogens is 1010 g/mol. The normalized spacial score (nSPS) is 12.8. The summed E-state index contributed by atoms with van der Waals surface area (Å²) in [6.45, 7) is 6.50. The maximum Gasteiger partial charge on any atom is 0.306 e. The van der Waals surface area contributed by atoms with Gasteiger partial charge in [-0.3, -0.25) is 14.4 Å². The molecule has 6 heteroatoms. The second-order valence-corrected chi connectivity index (χ2v) is 23.1. The number of ether oxygens (including phenoxy) is 3. The molecular formula is C76H130O6. The molecule has 0 spiro atoms. The van der Waals surface area contributed by atoms with Gasteiger partial charge in [-0.25, -0.2) is 0 Å². The average molecular weight is 1140 g/mol. The van der Waals surface area contributed by atoms with E-state index in [0.29, 0.717) is 19.3 Å². The van der Waals surface area contributed by atoms with Crippen molar-refractivity contribution in [2.75, 3.05) is 13.2 Å². The minimum atomic E-state index is -0.789. The fourth-order valence-corrected chi connectivity index (χ4v) is 9.77. The Morgan fingerprint density at radius 3 is 0.768 bits per heavy atom. The first-order valence-electron chi connectivity index (χ1n) is 34.9. The lowest BCUT2D eigenvalue weighted by Crippen LogP contribution is -2.30. The lowest BCUT2D eigenvalue weighted by molar-refractivity contribution is -0.167. The number of carbonyl (C=O) groups is 3. The van der Waals surface area contributed by atoms with Crippen LogP contribution < -0.4 is 0 Å². The molecule has 0 radical (unpaired) electrons. The third-order valence-corrected chi connectivity index (χ3v) is 15.0. The molecule has 470 valence electrons. The summed E-state index contributed by atoms with van der Waals surface area (Å²) < 4.78 is 17.0. The van der Waals surface area contributed by atoms with Crippen molar-refractivity contribution in [1.82, 2.24) is 0 Å². The first kappa shape index (κ1) is 78.1. The summed E-state index contributed by atoms with van der Waals surface area (Å²) >= 11 is 0. The number of esters is 3. The second-order valence-electron chi connectivity index (χ2n) is 23.1. The van der Waals surface area contributed by atoms with Crippen molar-refractivity contribution in [2.45, 2.75) is 341 Å². The Balaban J connectivity index is 4.32. The summed E-state index contributed by atoms with van der Waals surface area (Å²) in [5, 5.41) is 0. The standard InChI is InChI=1S/C76H130O6/c1-4-7-10-13-16-19-22-25-28-31-33-34-35-36-37-38-39-40-41-42-44-45-48-51-54-57-60-63-66-69-75(78)81-72-73(71-80-74(77)68-65-62-59-56-53-50-47-30-27-24-21-18-15-12-9-6-3)82-76(79)70-67-64-61-58-55-52-49-46-43-32-29-26-23-20-17-14-11-8-5-2/h7,10,16-17,19-21,24-26,28-30,33-34,36-37,47,73H,4-6,8-9,11-15,18,22-23,27,31-32,35,38-46,48-72H2,1-3H3/b10-7-,19-16-,20-17-,24-21-,28-25-,29-26-,34-33-,37-36-,47-30-. The third-order valence-electron chi connectivity index (χ3n) is 15.0. The van der Waals surface area contributed by atoms with Gasteiger partial charge in [-0.1, -0.05) is 297 Å². The van der Waals surface area contributed by atoms with Gasteiger partial charge in [-0.2, -0.15) is 0 Å². The molecule has 0 aliphatic heterocycles. The average Bonchev–Trinajstić information content (AvgIpc) is 3.47. The summed E-state index contributed by atoms with van der Waals surface area (Å²) in [5.74, 6) is -0.890. The van der Waals surface area contributed by atoms with Gasteiger partial charge in [0.2, 0.25) is 0 Å². The minimum absolute atomic E-state index is 0.0838. The van der Waals surface area contributed by atoms with E-state index in [1.165, 1.54) is 180 Å². The Bertz CT molecular complexity index is 1640. The van der Waals surface area contributed by atoms with Crippen molar-refractivity contribution < 1.29 is 28.6 Å². The molecule has 0 amide bonds. The highest BCUT2D eigenvalue weighted by molar-refractivity contribution is 5.71. The number of allylic oxidation sites excluding steroid dienone is 18. The number of carbonyl (C=O) groups excluding carboxylic acids is 3. The van der Waals surface area contributed by atoms with Crippen molar-refractivity contribution in [3.05, 3.63) is 109 Å². The minimum Gasteiger partial charge on any atom is -0.462 e. The Labute approximate surface area is 508 Å². The van der Waals surface area contributed by atoms with E-state index >= 15 is 0 Å². The quantitative estimate of drug-likeness (QED) is 0.0261. The first-order chi connectivity index (χ1) is 40.5. The zero-order chi connectivity index (χ0) is 59.2. The Kier molecular flexibility index (Phi) is 66.2. The Hall–Kier alpha value is -3.93. The monoisotopic (exact) mass is 1140 g/mol. The number of hydrogen-bond acceptors (Lipinski definition) is 6. The Morgan fingerprint density at radius 2 is 0.476 bits per heavy atom. The van der Waals surface area contributed by atoms with E-state index < -0.39 is 6.10 Å². The zero-order valence-electron chi connectivity index (χ0n) is 54.0. The third kappa shape index (κ3) is 66.9. The number of hydrogen-bond donors (Lipinski definition) is 0. The van der Waals surface area contributed by atoms with Crippen LogP contribution in [0.5, 0.6) is 0 Å². The van der Waals surface area contributed by atoms with Crippen LogP contribution >= 0.6 is 0 Å². The molecule has 0 fully saturated rings. The van der Waals surface area contributed by atoms with Crippen molar-refractivity contribution in [1.29, 1.82) is 0 Å². The van der Waals surface area contributed by atoms with Gasteiger partial charge >= 0.3 is 17.9 Å². The molecule has 82 heavy (non-hydrogen) atoms. The van der Waals surface area contributed by atoms with Gasteiger partial charge in [0.1, 0.15) is 13.2 Å². The number of unbranched alkanes of at least 4 members (excludes halogenated alkanes) is 34. The van der Waals surface area contributed by atoms with E-state index in [-0.39, 0.29) is 31.1 Å². The van der Waals surface area contributed by atoms with E-state index in [1.54, 1.807) is 0 Å². The van der Waals surface area contributed by atoms with E-state index in [0.717, 1.165) is 116 Å². The maximum absolute atomic E-state index is 12.9. The van der Waals surface area contributed by atoms with Gasteiger partial charge in [-0.15, -0.1) is 0 Å². The van der Waals surface area contributed by atoms with Crippen LogP contribution in [-0.2, 0) is 28.6 Å². The van der Waals surface area contributed by atoms with E-state index in [4.69, 9.17) is 14.2 Å². The maximum atomic E-state index is 12.9. The van der Waals surface area contributed by atoms with Crippen LogP contribution in [0.2, 0.25) is 0 Å². The van der Waals surface area contributed by atoms with Crippen molar-refractivity contribution in [3.63, 3.8) is 0 Å². The predicted molar refractivity (Wildman–Crippen MR) is 357 cm³/mol. The van der Waals surface area contributed by atoms with Gasteiger partial charge in [0.25, 0.3) is 0 Å². The first-order valence-corrected chi connectivity index (χ1v) is 34.9. The van der Waals surface area contributed by atoms with Crippen molar-refractivity contribution in [2.24, 2.45) is 0 Å². The Morgan fingerprint density at radius 1 is 0.256 bits per heavy atom. The summed E-state index contributed by atoms with van der Waals surface area (Å²) in [6.07, 6.45) is 95.3. The fourth-order valence-electron chi connectivity index (χ4n) is 9.77. The van der Waals surface area contributed by atoms with Crippen LogP contribution in [0.15, 0.2) is 109 Å². The molecule has 0 aliphatic carbocycles. The molecule has 0 aromatic rings. The van der Waals surface area contributed by atoms with E-state index in [2.05, 4.69) is 130 Å². The molecule has 0 heterocycles. The highest BCUT2D eigenvalue weighted by atomic mass is 16.6. The molecule has 1 atom stereocenters. The highest BCUT2D eigenvalue weighted by Crippen LogP contribution is 2.17. The molecule has 0 saturated heterocycles. The largest absolute Gasteiger partial charge is 0.462 e. The van der Waals surface area contributed by atoms with E-state index in [9.17, 15) is 14.4 Å². The summed E-state index contributed by atoms with van der Waals surface area (Å²) in [4.78, 5) is 38.4. The van der Waals surface area contributed by atoms with Crippen LogP contribution in [0.4, 0.5) is 0 Å². The van der Waals surface area contributed by atoms with Gasteiger partial charge in [-0.05, 0) is 128 Å². The SMILES string of the molecule is CC/C=C\C/C=C\C/C=C\C/C=C\C/C=C\CCCCCCCCCCCCCCCC(=O)OCC(COC(=O)CCCCCCC/C=C\C/C=C\CCCCCC)OC(=O)CCCCCCCCCCC/C=C\C/C=C\CCCCC. The second kappa shape index (κ2) is 69.6. The van der Waals surface area contributed by atoms with E-state index in [1.807, 2.05) is 0 Å². The van der Waals surface area contributed by atoms with Crippen LogP contribution in [0, 0.1) is 0 Å². The van der Waals surface area contributed by atoms with Crippen molar-refractivity contribution >= 4 is 17.9 Å². The molecule has 1 unspecified atom stereocenters. The molecule has 0 N–H and O–H groups in total. The van der Waals surface area contributed by atoms with Crippen LogP contribution in [0.3, 0.4) is 0 Å². The molecule has 0 aliphatic rings. The van der Waals surface area contributed by atoms with Gasteiger partial charge in [0.15, 0.2) is 6.10 Å². The fraction of sp³-hybridized carbons (Fsp3) is 0.724. The molecule has 0 aromatic heterocycles. The summed E-state index contributed by atoms with van der Waals surface area (Å²) in [6, 6.07) is 0. The lowest BCUT2D eigenvalue weighted by Gasteiger charge is -2.18. The van der Waals surface area contributed by atoms with Crippen molar-refractivity contribution in [3.8, 4) is 0 Å². The van der Waals surface area contributed by atoms with Gasteiger partial charge in [0, 0.05) is 19.3 Å². The smallest absolute Gasteiger partial charge is 0.306 e. The molecule has 0 rings (SSSR count). The summed E-state index contributed by atoms with van der Waals surface area (Å²) in [5.41, 5.74) is 0. The summed E-state index contributed by atoms with van der Waals surface area (Å²) in [7, 11) is 0. The highest BCUT2D eigenvalue weighted by Gasteiger charge is 2.19. The van der Waals surface area contributed by atoms with Gasteiger partial charge < -0.3 is 14.2 Å². The molecule has 6 nitrogen and oxygen atoms in total.